The van der Waals surface area contributed by atoms with E-state index in [1.807, 2.05) is 19.1 Å². The molecule has 0 aliphatic heterocycles. The van der Waals surface area contributed by atoms with Crippen LogP contribution < -0.4 is 0 Å². The molecule has 0 aliphatic rings. The van der Waals surface area contributed by atoms with Crippen molar-refractivity contribution in [1.29, 1.82) is 0 Å². The molecule has 0 amide bonds. The fourth-order valence-corrected chi connectivity index (χ4v) is 3.85. The zero-order chi connectivity index (χ0) is 17.7. The van der Waals surface area contributed by atoms with Crippen LogP contribution in [0, 0.1) is 13.8 Å². The molecule has 130 valence electrons. The monoisotopic (exact) mass is 425 g/mol. The van der Waals surface area contributed by atoms with E-state index in [4.69, 9.17) is 4.42 Å². The van der Waals surface area contributed by atoms with Crippen LogP contribution in [0.3, 0.4) is 0 Å². The topological polar surface area (TPSA) is 13.1 Å². The van der Waals surface area contributed by atoms with E-state index in [1.54, 1.807) is 0 Å². The molecule has 0 atom stereocenters. The first kappa shape index (κ1) is 18.1. The van der Waals surface area contributed by atoms with Gasteiger partial charge >= 0.3 is 0 Å². The van der Waals surface area contributed by atoms with Gasteiger partial charge in [0, 0.05) is 26.2 Å². The van der Waals surface area contributed by atoms with Gasteiger partial charge in [-0.2, -0.15) is 0 Å². The van der Waals surface area contributed by atoms with Crippen molar-refractivity contribution in [2.24, 2.45) is 0 Å². The van der Waals surface area contributed by atoms with Crippen LogP contribution in [0.5, 0.6) is 0 Å². The Balaban J connectivity index is 0.00000180. The van der Waals surface area contributed by atoms with Crippen LogP contribution in [0.25, 0.3) is 44.0 Å². The minimum Gasteiger partial charge on any atom is -0.496 e. The number of benzene rings is 3. The molecule has 0 saturated carbocycles. The summed E-state index contributed by atoms with van der Waals surface area (Å²) in [4.78, 5) is 0. The van der Waals surface area contributed by atoms with Crippen LogP contribution in [-0.4, -0.2) is 0 Å². The molecule has 0 spiro atoms. The summed E-state index contributed by atoms with van der Waals surface area (Å²) < 4.78 is 5.83. The van der Waals surface area contributed by atoms with E-state index in [0.717, 1.165) is 17.1 Å². The SMILES string of the molecule is Cc1ccc(-c2cc3c(-c4ccc5ccccc5c4)c(C)ccc3[cH-]2)o1.[Zr]. The Morgan fingerprint density at radius 2 is 1.59 bits per heavy atom. The van der Waals surface area contributed by atoms with E-state index >= 15 is 0 Å². The van der Waals surface area contributed by atoms with Crippen molar-refractivity contribution < 1.29 is 30.6 Å². The maximum Gasteiger partial charge on any atom is 0.0896 e. The summed E-state index contributed by atoms with van der Waals surface area (Å²) in [6.07, 6.45) is 0. The van der Waals surface area contributed by atoms with Crippen LogP contribution in [0.4, 0.5) is 0 Å². The quantitative estimate of drug-likeness (QED) is 0.271. The number of aryl methyl sites for hydroxylation is 2. The molecular weight excluding hydrogens is 407 g/mol. The molecule has 1 nitrogen and oxygen atoms in total. The van der Waals surface area contributed by atoms with Gasteiger partial charge in [-0.3, -0.25) is 0 Å². The number of furan rings is 1. The van der Waals surface area contributed by atoms with Crippen molar-refractivity contribution in [1.82, 2.24) is 0 Å². The maximum atomic E-state index is 5.83. The van der Waals surface area contributed by atoms with Crippen LogP contribution in [0.2, 0.25) is 0 Å². The Kier molecular flexibility index (Phi) is 4.70. The predicted molar refractivity (Wildman–Crippen MR) is 110 cm³/mol. The second-order valence-corrected chi connectivity index (χ2v) is 6.98. The molecule has 0 fully saturated rings. The summed E-state index contributed by atoms with van der Waals surface area (Å²) in [6.45, 7) is 4.17. The Labute approximate surface area is 178 Å². The Hall–Kier alpha value is -2.31. The average molecular weight is 427 g/mol. The van der Waals surface area contributed by atoms with Gasteiger partial charge in [-0.1, -0.05) is 53.6 Å². The predicted octanol–water partition coefficient (Wildman–Crippen LogP) is 7.25. The standard InChI is InChI=1S/C25H19O.Zr/c1-16-7-9-20-14-22(24-12-8-17(2)26-24)15-23(20)25(16)21-11-10-18-5-3-4-6-19(18)13-21;/h3-15H,1-2H3;/q-1;. The van der Waals surface area contributed by atoms with Crippen LogP contribution >= 0.6 is 0 Å². The number of hydrogen-bond acceptors (Lipinski definition) is 1. The molecule has 0 saturated heterocycles. The van der Waals surface area contributed by atoms with Gasteiger partial charge in [0.2, 0.25) is 0 Å². The molecule has 1 heterocycles. The molecule has 4 aromatic carbocycles. The van der Waals surface area contributed by atoms with Crippen molar-refractivity contribution in [3.05, 3.63) is 90.2 Å². The van der Waals surface area contributed by atoms with Crippen molar-refractivity contribution >= 4 is 21.5 Å². The van der Waals surface area contributed by atoms with Gasteiger partial charge in [0.05, 0.1) is 11.5 Å². The smallest absolute Gasteiger partial charge is 0.0896 e. The Morgan fingerprint density at radius 3 is 2.37 bits per heavy atom. The van der Waals surface area contributed by atoms with Gasteiger partial charge in [-0.15, -0.1) is 29.0 Å². The van der Waals surface area contributed by atoms with E-state index in [1.165, 1.54) is 38.2 Å². The van der Waals surface area contributed by atoms with Gasteiger partial charge in [0.15, 0.2) is 0 Å². The molecule has 5 aromatic rings. The molecule has 27 heavy (non-hydrogen) atoms. The largest absolute Gasteiger partial charge is 0.496 e. The molecule has 0 radical (unpaired) electrons. The third-order valence-electron chi connectivity index (χ3n) is 5.16. The maximum absolute atomic E-state index is 5.83. The first-order valence-corrected chi connectivity index (χ1v) is 8.95. The summed E-state index contributed by atoms with van der Waals surface area (Å²) >= 11 is 0. The third kappa shape index (κ3) is 3.13. The normalized spacial score (nSPS) is 11.0. The minimum absolute atomic E-state index is 0. The summed E-state index contributed by atoms with van der Waals surface area (Å²) in [7, 11) is 0. The van der Waals surface area contributed by atoms with E-state index in [-0.39, 0.29) is 26.2 Å². The Bertz CT molecular complexity index is 1260. The summed E-state index contributed by atoms with van der Waals surface area (Å²) in [5.41, 5.74) is 5.00. The second kappa shape index (κ2) is 7.02. The van der Waals surface area contributed by atoms with Crippen molar-refractivity contribution in [3.8, 4) is 22.5 Å². The molecule has 5 rings (SSSR count). The molecule has 0 bridgehead atoms. The van der Waals surface area contributed by atoms with Gasteiger partial charge < -0.3 is 4.42 Å². The van der Waals surface area contributed by atoms with E-state index in [2.05, 4.69) is 73.7 Å². The molecule has 2 heteroatoms. The number of hydrogen-bond donors (Lipinski definition) is 0. The molecule has 0 aliphatic carbocycles. The number of fused-ring (bicyclic) bond motifs is 2. The minimum atomic E-state index is 0. The fraction of sp³-hybridized carbons (Fsp3) is 0.0800. The van der Waals surface area contributed by atoms with Gasteiger partial charge in [-0.05, 0) is 53.9 Å². The fourth-order valence-electron chi connectivity index (χ4n) is 3.85. The van der Waals surface area contributed by atoms with Crippen molar-refractivity contribution in [3.63, 3.8) is 0 Å². The third-order valence-corrected chi connectivity index (χ3v) is 5.16. The van der Waals surface area contributed by atoms with Crippen LogP contribution in [0.1, 0.15) is 11.3 Å². The first-order valence-electron chi connectivity index (χ1n) is 8.95. The van der Waals surface area contributed by atoms with Crippen molar-refractivity contribution in [2.75, 3.05) is 0 Å². The molecule has 0 N–H and O–H groups in total. The van der Waals surface area contributed by atoms with Crippen molar-refractivity contribution in [2.45, 2.75) is 13.8 Å². The van der Waals surface area contributed by atoms with Gasteiger partial charge in [0.25, 0.3) is 0 Å². The summed E-state index contributed by atoms with van der Waals surface area (Å²) in [5, 5.41) is 5.08. The zero-order valence-electron chi connectivity index (χ0n) is 15.4. The average Bonchev–Trinajstić information content (AvgIpc) is 3.27. The van der Waals surface area contributed by atoms with E-state index in [9.17, 15) is 0 Å². The van der Waals surface area contributed by atoms with Gasteiger partial charge in [-0.25, -0.2) is 0 Å². The molecule has 0 unspecified atom stereocenters. The Morgan fingerprint density at radius 1 is 0.778 bits per heavy atom. The van der Waals surface area contributed by atoms with E-state index < -0.39 is 0 Å². The van der Waals surface area contributed by atoms with Crippen LogP contribution in [-0.2, 0) is 26.2 Å². The number of rotatable bonds is 2. The summed E-state index contributed by atoms with van der Waals surface area (Å²) in [6, 6.07) is 28.2. The molecule has 1 aromatic heterocycles. The zero-order valence-corrected chi connectivity index (χ0v) is 17.9. The first-order chi connectivity index (χ1) is 12.7. The van der Waals surface area contributed by atoms with Crippen LogP contribution in [0.15, 0.2) is 83.3 Å². The molecular formula is C25H19OZr-. The van der Waals surface area contributed by atoms with Gasteiger partial charge in [0.1, 0.15) is 0 Å². The second-order valence-electron chi connectivity index (χ2n) is 6.98. The van der Waals surface area contributed by atoms with E-state index in [0.29, 0.717) is 0 Å². The summed E-state index contributed by atoms with van der Waals surface area (Å²) in [5.74, 6) is 1.87.